The number of ether oxygens (including phenoxy) is 3. The Balaban J connectivity index is 1.56. The fourth-order valence-electron chi connectivity index (χ4n) is 4.69. The van der Waals surface area contributed by atoms with Crippen LogP contribution in [-0.4, -0.2) is 86.4 Å². The second-order valence-corrected chi connectivity index (χ2v) is 9.20. The summed E-state index contributed by atoms with van der Waals surface area (Å²) in [7, 11) is 3.08. The van der Waals surface area contributed by atoms with Crippen LogP contribution < -0.4 is 10.1 Å². The van der Waals surface area contributed by atoms with Gasteiger partial charge in [0.25, 0.3) is 11.8 Å². The van der Waals surface area contributed by atoms with Gasteiger partial charge in [-0.3, -0.25) is 19.3 Å². The zero-order valence-electron chi connectivity index (χ0n) is 20.4. The van der Waals surface area contributed by atoms with Crippen LogP contribution in [0.3, 0.4) is 0 Å². The summed E-state index contributed by atoms with van der Waals surface area (Å²) in [6.45, 7) is 1.50. The molecular weight excluding hydrogens is 486 g/mol. The molecule has 0 saturated carbocycles. The summed E-state index contributed by atoms with van der Waals surface area (Å²) in [5.41, 5.74) is -0.0591. The van der Waals surface area contributed by atoms with Crippen LogP contribution in [-0.2, 0) is 14.3 Å². The quantitative estimate of drug-likeness (QED) is 0.569. The van der Waals surface area contributed by atoms with Crippen molar-refractivity contribution in [3.05, 3.63) is 64.7 Å². The van der Waals surface area contributed by atoms with Crippen molar-refractivity contribution >= 4 is 29.3 Å². The topological polar surface area (TPSA) is 97.4 Å². The van der Waals surface area contributed by atoms with Crippen LogP contribution in [0.4, 0.5) is 0 Å². The highest BCUT2D eigenvalue weighted by Crippen LogP contribution is 2.39. The van der Waals surface area contributed by atoms with Crippen molar-refractivity contribution in [2.45, 2.75) is 24.6 Å². The molecule has 2 aliphatic rings. The molecule has 0 radical (unpaired) electrons. The molecule has 9 nitrogen and oxygen atoms in total. The zero-order valence-corrected chi connectivity index (χ0v) is 21.1. The van der Waals surface area contributed by atoms with E-state index >= 15 is 0 Å². The first-order chi connectivity index (χ1) is 17.4. The number of amides is 3. The van der Waals surface area contributed by atoms with Gasteiger partial charge in [-0.2, -0.15) is 0 Å². The molecule has 192 valence electrons. The summed E-state index contributed by atoms with van der Waals surface area (Å²) in [5.74, 6) is -0.200. The average molecular weight is 516 g/mol. The van der Waals surface area contributed by atoms with Crippen LogP contribution in [0.5, 0.6) is 5.75 Å². The molecule has 1 atom stereocenters. The first-order valence-electron chi connectivity index (χ1n) is 11.8. The van der Waals surface area contributed by atoms with Gasteiger partial charge in [-0.15, -0.1) is 0 Å². The normalized spacial score (nSPS) is 18.8. The number of likely N-dealkylation sites (tertiary alicyclic amines) is 1. The molecule has 4 rings (SSSR count). The molecular formula is C26H30ClN3O6. The molecule has 1 N–H and O–H groups in total. The van der Waals surface area contributed by atoms with Crippen molar-refractivity contribution in [2.75, 3.05) is 47.1 Å². The summed E-state index contributed by atoms with van der Waals surface area (Å²) >= 11 is 5.95. The molecule has 0 aliphatic carbocycles. The third-order valence-electron chi connectivity index (χ3n) is 6.63. The summed E-state index contributed by atoms with van der Waals surface area (Å²) in [4.78, 5) is 43.2. The number of halogens is 1. The number of methoxy groups -OCH3 is 2. The number of nitrogens with zero attached hydrogens (tertiary/aromatic N) is 2. The number of benzene rings is 2. The van der Waals surface area contributed by atoms with E-state index in [-0.39, 0.29) is 24.3 Å². The van der Waals surface area contributed by atoms with Gasteiger partial charge in [0.15, 0.2) is 0 Å². The minimum absolute atomic E-state index is 0.0691. The molecule has 2 aromatic rings. The highest BCUT2D eigenvalue weighted by atomic mass is 35.5. The van der Waals surface area contributed by atoms with E-state index in [2.05, 4.69) is 5.32 Å². The molecule has 2 aromatic carbocycles. The molecule has 3 amide bonds. The van der Waals surface area contributed by atoms with Gasteiger partial charge in [0.05, 0.1) is 20.3 Å². The summed E-state index contributed by atoms with van der Waals surface area (Å²) < 4.78 is 16.5. The van der Waals surface area contributed by atoms with E-state index < -0.39 is 11.8 Å². The maximum Gasteiger partial charge on any atom is 0.257 e. The monoisotopic (exact) mass is 515 g/mol. The maximum atomic E-state index is 13.8. The Labute approximate surface area is 215 Å². The lowest BCUT2D eigenvalue weighted by Crippen LogP contribution is -2.60. The fourth-order valence-corrected chi connectivity index (χ4v) is 4.82. The zero-order chi connectivity index (χ0) is 25.7. The molecule has 0 aromatic heterocycles. The number of hydrogen-bond donors (Lipinski definition) is 1. The van der Waals surface area contributed by atoms with Gasteiger partial charge in [-0.1, -0.05) is 17.7 Å². The molecule has 1 spiro atoms. The third-order valence-corrected chi connectivity index (χ3v) is 6.88. The van der Waals surface area contributed by atoms with Crippen molar-refractivity contribution < 1.29 is 28.6 Å². The van der Waals surface area contributed by atoms with Gasteiger partial charge in [0, 0.05) is 55.7 Å². The minimum Gasteiger partial charge on any atom is -0.497 e. The largest absolute Gasteiger partial charge is 0.497 e. The Hall–Kier alpha value is -3.14. The molecule has 0 bridgehead atoms. The van der Waals surface area contributed by atoms with E-state index in [1.54, 1.807) is 65.4 Å². The number of carbonyl (C=O) groups is 3. The van der Waals surface area contributed by atoms with Gasteiger partial charge >= 0.3 is 0 Å². The summed E-state index contributed by atoms with van der Waals surface area (Å²) in [6.07, 6.45) is 0.758. The minimum atomic E-state index is -1.000. The molecule has 36 heavy (non-hydrogen) atoms. The van der Waals surface area contributed by atoms with E-state index in [4.69, 9.17) is 25.8 Å². The predicted octanol–water partition coefficient (Wildman–Crippen LogP) is 2.58. The molecule has 2 heterocycles. The average Bonchev–Trinajstić information content (AvgIpc) is 3.27. The highest BCUT2D eigenvalue weighted by molar-refractivity contribution is 6.30. The Bertz CT molecular complexity index is 1100. The third kappa shape index (κ3) is 5.33. The van der Waals surface area contributed by atoms with Gasteiger partial charge < -0.3 is 24.4 Å². The van der Waals surface area contributed by atoms with Gasteiger partial charge in [-0.25, -0.2) is 0 Å². The van der Waals surface area contributed by atoms with E-state index in [0.29, 0.717) is 61.0 Å². The number of hydrogen-bond acceptors (Lipinski definition) is 6. The number of carbonyl (C=O) groups excluding carboxylic acids is 3. The van der Waals surface area contributed by atoms with Crippen molar-refractivity contribution in [1.29, 1.82) is 0 Å². The maximum absolute atomic E-state index is 13.8. The van der Waals surface area contributed by atoms with Crippen LogP contribution in [0.25, 0.3) is 0 Å². The summed E-state index contributed by atoms with van der Waals surface area (Å²) in [6, 6.07) is 12.8. The Morgan fingerprint density at radius 2 is 1.78 bits per heavy atom. The van der Waals surface area contributed by atoms with E-state index in [9.17, 15) is 14.4 Å². The highest BCUT2D eigenvalue weighted by Gasteiger charge is 2.54. The fraction of sp³-hybridized carbons (Fsp3) is 0.423. The lowest BCUT2D eigenvalue weighted by Gasteiger charge is -2.44. The van der Waals surface area contributed by atoms with Crippen LogP contribution in [0, 0.1) is 0 Å². The van der Waals surface area contributed by atoms with Crippen molar-refractivity contribution in [3.8, 4) is 5.75 Å². The van der Waals surface area contributed by atoms with Crippen molar-refractivity contribution in [3.63, 3.8) is 0 Å². The van der Waals surface area contributed by atoms with Gasteiger partial charge in [0.2, 0.25) is 5.91 Å². The molecule has 2 saturated heterocycles. The number of rotatable bonds is 7. The second kappa shape index (κ2) is 11.3. The van der Waals surface area contributed by atoms with Gasteiger partial charge in [-0.05, 0) is 42.5 Å². The molecule has 2 aliphatic heterocycles. The smallest absolute Gasteiger partial charge is 0.257 e. The van der Waals surface area contributed by atoms with Crippen molar-refractivity contribution in [2.24, 2.45) is 0 Å². The van der Waals surface area contributed by atoms with Crippen molar-refractivity contribution in [1.82, 2.24) is 15.1 Å². The first kappa shape index (κ1) is 25.9. The lowest BCUT2D eigenvalue weighted by molar-refractivity contribution is -0.128. The van der Waals surface area contributed by atoms with Crippen LogP contribution in [0.2, 0.25) is 5.02 Å². The lowest BCUT2D eigenvalue weighted by atomic mass is 9.96. The Kier molecular flexibility index (Phi) is 8.13. The van der Waals surface area contributed by atoms with E-state index in [0.717, 1.165) is 0 Å². The second-order valence-electron chi connectivity index (χ2n) is 8.76. The Morgan fingerprint density at radius 1 is 1.06 bits per heavy atom. The van der Waals surface area contributed by atoms with Crippen LogP contribution in [0.15, 0.2) is 48.5 Å². The van der Waals surface area contributed by atoms with E-state index in [1.165, 1.54) is 7.11 Å². The standard InChI is InChI=1S/C26H30ClN3O6/c1-34-15-12-28-23(31)22-17-36-26(30(22)25(33)19-4-3-5-21(16-19)35-2)10-13-29(14-11-26)24(32)18-6-8-20(27)9-7-18/h3-9,16,22H,10-15,17H2,1-2H3,(H,28,31). The van der Waals surface area contributed by atoms with Gasteiger partial charge in [0.1, 0.15) is 17.5 Å². The molecule has 1 unspecified atom stereocenters. The molecule has 10 heteroatoms. The SMILES string of the molecule is COCCNC(=O)C1COC2(CCN(C(=O)c3ccc(Cl)cc3)CC2)N1C(=O)c1cccc(OC)c1. The van der Waals surface area contributed by atoms with Crippen LogP contribution >= 0.6 is 11.6 Å². The predicted molar refractivity (Wildman–Crippen MR) is 133 cm³/mol. The first-order valence-corrected chi connectivity index (χ1v) is 12.2. The Morgan fingerprint density at radius 3 is 2.44 bits per heavy atom. The number of piperidine rings is 1. The van der Waals surface area contributed by atoms with E-state index in [1.807, 2.05) is 0 Å². The molecule has 2 fully saturated rings. The summed E-state index contributed by atoms with van der Waals surface area (Å²) in [5, 5.41) is 3.38. The number of nitrogens with one attached hydrogen (secondary N) is 1. The van der Waals surface area contributed by atoms with Crippen LogP contribution in [0.1, 0.15) is 33.6 Å².